The summed E-state index contributed by atoms with van der Waals surface area (Å²) in [6, 6.07) is 19.9. The van der Waals surface area contributed by atoms with Crippen molar-refractivity contribution >= 4 is 46.4 Å². The molecule has 0 bridgehead atoms. The molecule has 0 spiro atoms. The van der Waals surface area contributed by atoms with Gasteiger partial charge in [-0.15, -0.1) is 0 Å². The van der Waals surface area contributed by atoms with Crippen molar-refractivity contribution in [3.63, 3.8) is 0 Å². The molecule has 7 nitrogen and oxygen atoms in total. The normalized spacial score (nSPS) is 10.6. The number of carbonyl (C=O) groups is 2. The average molecular weight is 543 g/mol. The lowest BCUT2D eigenvalue weighted by Gasteiger charge is -2.10. The van der Waals surface area contributed by atoms with Gasteiger partial charge in [-0.05, 0) is 83.1 Å². The Hall–Kier alpha value is -3.40. The Morgan fingerprint density at radius 1 is 1.03 bits per heavy atom. The highest BCUT2D eigenvalue weighted by atomic mass is 127. The van der Waals surface area contributed by atoms with Crippen molar-refractivity contribution in [2.75, 3.05) is 19.0 Å². The molecular formula is C24H22IN3O4. The summed E-state index contributed by atoms with van der Waals surface area (Å²) in [5.74, 6) is -0.0813. The number of halogens is 1. The second-order valence-electron chi connectivity index (χ2n) is 6.80. The van der Waals surface area contributed by atoms with Crippen LogP contribution in [-0.4, -0.2) is 31.7 Å². The topological polar surface area (TPSA) is 89.0 Å². The molecular weight excluding hydrogens is 521 g/mol. The van der Waals surface area contributed by atoms with Crippen LogP contribution in [0.2, 0.25) is 0 Å². The molecule has 8 heteroatoms. The molecule has 0 heterocycles. The van der Waals surface area contributed by atoms with Crippen molar-refractivity contribution < 1.29 is 19.1 Å². The summed E-state index contributed by atoms with van der Waals surface area (Å²) >= 11 is 2.08. The van der Waals surface area contributed by atoms with E-state index in [1.807, 2.05) is 43.3 Å². The summed E-state index contributed by atoms with van der Waals surface area (Å²) < 4.78 is 11.6. The van der Waals surface area contributed by atoms with Gasteiger partial charge in [-0.25, -0.2) is 10.2 Å². The van der Waals surface area contributed by atoms with Gasteiger partial charge in [0.05, 0.1) is 25.4 Å². The van der Waals surface area contributed by atoms with E-state index in [0.29, 0.717) is 22.6 Å². The van der Waals surface area contributed by atoms with Crippen LogP contribution in [0.4, 0.5) is 5.69 Å². The standard InChI is InChI=1S/C24H22IN3O4/c1-16-6-5-7-18(12-16)26-15-23(29)28-27-14-17-10-11-21(22(13-17)31-2)32-24(30)19-8-3-4-9-20(19)25/h3-14,26H,15H2,1-2H3,(H,28,29). The van der Waals surface area contributed by atoms with E-state index in [1.54, 1.807) is 30.3 Å². The van der Waals surface area contributed by atoms with Crippen LogP contribution in [0.3, 0.4) is 0 Å². The second kappa shape index (κ2) is 11.3. The highest BCUT2D eigenvalue weighted by molar-refractivity contribution is 14.1. The highest BCUT2D eigenvalue weighted by Gasteiger charge is 2.15. The molecule has 0 radical (unpaired) electrons. The molecule has 3 rings (SSSR count). The number of ether oxygens (including phenoxy) is 2. The summed E-state index contributed by atoms with van der Waals surface area (Å²) in [5, 5.41) is 7.01. The molecule has 0 saturated carbocycles. The van der Waals surface area contributed by atoms with E-state index in [2.05, 4.69) is 38.4 Å². The zero-order valence-corrected chi connectivity index (χ0v) is 19.8. The molecule has 0 fully saturated rings. The van der Waals surface area contributed by atoms with Crippen molar-refractivity contribution in [1.29, 1.82) is 0 Å². The number of amides is 1. The largest absolute Gasteiger partial charge is 0.493 e. The van der Waals surface area contributed by atoms with Crippen LogP contribution < -0.4 is 20.2 Å². The fraction of sp³-hybridized carbons (Fsp3) is 0.125. The van der Waals surface area contributed by atoms with E-state index >= 15 is 0 Å². The first-order chi connectivity index (χ1) is 15.5. The van der Waals surface area contributed by atoms with Crippen molar-refractivity contribution in [3.8, 4) is 11.5 Å². The SMILES string of the molecule is COc1cc(C=NNC(=O)CNc2cccc(C)c2)ccc1OC(=O)c1ccccc1I. The van der Waals surface area contributed by atoms with Crippen molar-refractivity contribution in [2.45, 2.75) is 6.92 Å². The van der Waals surface area contributed by atoms with Crippen LogP contribution in [0.1, 0.15) is 21.5 Å². The minimum absolute atomic E-state index is 0.0945. The number of anilines is 1. The van der Waals surface area contributed by atoms with Gasteiger partial charge in [0, 0.05) is 9.26 Å². The van der Waals surface area contributed by atoms with Crippen molar-refractivity contribution in [1.82, 2.24) is 5.43 Å². The predicted octanol–water partition coefficient (Wildman–Crippen LogP) is 4.39. The molecule has 3 aromatic rings. The van der Waals surface area contributed by atoms with Gasteiger partial charge in [-0.1, -0.05) is 24.3 Å². The summed E-state index contributed by atoms with van der Waals surface area (Å²) in [4.78, 5) is 24.4. The molecule has 32 heavy (non-hydrogen) atoms. The maximum Gasteiger partial charge on any atom is 0.344 e. The molecule has 2 N–H and O–H groups in total. The minimum atomic E-state index is -0.469. The Balaban J connectivity index is 1.58. The number of aryl methyl sites for hydroxylation is 1. The minimum Gasteiger partial charge on any atom is -0.493 e. The summed E-state index contributed by atoms with van der Waals surface area (Å²) in [5.41, 5.74) is 5.58. The number of carbonyl (C=O) groups excluding carboxylic acids is 2. The molecule has 0 saturated heterocycles. The van der Waals surface area contributed by atoms with Gasteiger partial charge in [-0.3, -0.25) is 4.79 Å². The van der Waals surface area contributed by atoms with Crippen molar-refractivity contribution in [2.24, 2.45) is 5.10 Å². The third-order valence-electron chi connectivity index (χ3n) is 4.36. The van der Waals surface area contributed by atoms with Gasteiger partial charge in [0.1, 0.15) is 0 Å². The van der Waals surface area contributed by atoms with Gasteiger partial charge in [-0.2, -0.15) is 5.10 Å². The first kappa shape index (κ1) is 23.3. The zero-order valence-electron chi connectivity index (χ0n) is 17.6. The average Bonchev–Trinajstić information content (AvgIpc) is 2.79. The lowest BCUT2D eigenvalue weighted by atomic mass is 10.2. The second-order valence-corrected chi connectivity index (χ2v) is 7.96. The van der Waals surface area contributed by atoms with Crippen molar-refractivity contribution in [3.05, 3.63) is 87.0 Å². The zero-order chi connectivity index (χ0) is 22.9. The van der Waals surface area contributed by atoms with Gasteiger partial charge < -0.3 is 14.8 Å². The summed E-state index contributed by atoms with van der Waals surface area (Å²) in [6.45, 7) is 2.08. The molecule has 164 valence electrons. The Kier molecular flexibility index (Phi) is 8.20. The van der Waals surface area contributed by atoms with Crippen LogP contribution in [0.5, 0.6) is 11.5 Å². The van der Waals surface area contributed by atoms with Crippen LogP contribution in [-0.2, 0) is 4.79 Å². The Morgan fingerprint density at radius 2 is 1.84 bits per heavy atom. The lowest BCUT2D eigenvalue weighted by Crippen LogP contribution is -2.25. The molecule has 0 aliphatic heterocycles. The first-order valence-corrected chi connectivity index (χ1v) is 10.8. The number of nitrogens with one attached hydrogen (secondary N) is 2. The number of nitrogens with zero attached hydrogens (tertiary/aromatic N) is 1. The summed E-state index contributed by atoms with van der Waals surface area (Å²) in [6.07, 6.45) is 1.48. The number of hydrazone groups is 1. The van der Waals surface area contributed by atoms with Gasteiger partial charge in [0.25, 0.3) is 5.91 Å². The fourth-order valence-electron chi connectivity index (χ4n) is 2.79. The number of esters is 1. The molecule has 0 aromatic heterocycles. The number of hydrogen-bond donors (Lipinski definition) is 2. The third kappa shape index (κ3) is 6.55. The smallest absolute Gasteiger partial charge is 0.344 e. The quantitative estimate of drug-likeness (QED) is 0.145. The van der Waals surface area contributed by atoms with Crippen LogP contribution >= 0.6 is 22.6 Å². The third-order valence-corrected chi connectivity index (χ3v) is 5.30. The Labute approximate surface area is 200 Å². The molecule has 0 aliphatic rings. The lowest BCUT2D eigenvalue weighted by molar-refractivity contribution is -0.119. The molecule has 0 atom stereocenters. The van der Waals surface area contributed by atoms with Gasteiger partial charge in [0.15, 0.2) is 11.5 Å². The van der Waals surface area contributed by atoms with Crippen LogP contribution in [0, 0.1) is 10.5 Å². The van der Waals surface area contributed by atoms with E-state index in [-0.39, 0.29) is 12.5 Å². The monoisotopic (exact) mass is 543 g/mol. The van der Waals surface area contributed by atoms with E-state index in [4.69, 9.17) is 9.47 Å². The van der Waals surface area contributed by atoms with Crippen LogP contribution in [0.25, 0.3) is 0 Å². The fourth-order valence-corrected chi connectivity index (χ4v) is 3.39. The molecule has 1 amide bonds. The maximum atomic E-state index is 12.5. The van der Waals surface area contributed by atoms with E-state index < -0.39 is 5.97 Å². The van der Waals surface area contributed by atoms with E-state index in [1.165, 1.54) is 13.3 Å². The molecule has 3 aromatic carbocycles. The number of methoxy groups -OCH3 is 1. The first-order valence-electron chi connectivity index (χ1n) is 9.73. The molecule has 0 unspecified atom stereocenters. The Bertz CT molecular complexity index is 1150. The number of benzene rings is 3. The number of hydrogen-bond acceptors (Lipinski definition) is 6. The van der Waals surface area contributed by atoms with E-state index in [9.17, 15) is 9.59 Å². The predicted molar refractivity (Wildman–Crippen MR) is 133 cm³/mol. The van der Waals surface area contributed by atoms with Gasteiger partial charge in [0.2, 0.25) is 0 Å². The van der Waals surface area contributed by atoms with E-state index in [0.717, 1.165) is 14.8 Å². The maximum absolute atomic E-state index is 12.5. The van der Waals surface area contributed by atoms with Crippen LogP contribution in [0.15, 0.2) is 71.8 Å². The highest BCUT2D eigenvalue weighted by Crippen LogP contribution is 2.29. The summed E-state index contributed by atoms with van der Waals surface area (Å²) in [7, 11) is 1.48. The number of rotatable bonds is 8. The molecule has 0 aliphatic carbocycles. The Morgan fingerprint density at radius 3 is 2.59 bits per heavy atom. The van der Waals surface area contributed by atoms with Gasteiger partial charge >= 0.3 is 5.97 Å².